The lowest BCUT2D eigenvalue weighted by atomic mass is 10.1. The van der Waals surface area contributed by atoms with E-state index in [0.717, 1.165) is 36.5 Å². The standard InChI is InChI=1S/C15H19N3O/c19-11-14-7-4-8-18(14)10-13-9-15(17-16-13)12-5-2-1-3-6-12/h1-3,5-6,9,14,19H,4,7-8,10-11H2,(H,16,17)/t14-/m1/s1. The number of aromatic nitrogens is 2. The zero-order chi connectivity index (χ0) is 13.1. The van der Waals surface area contributed by atoms with Gasteiger partial charge in [0.2, 0.25) is 0 Å². The van der Waals surface area contributed by atoms with Crippen LogP contribution in [0.15, 0.2) is 36.4 Å². The molecule has 0 unspecified atom stereocenters. The van der Waals surface area contributed by atoms with Crippen molar-refractivity contribution in [1.82, 2.24) is 15.1 Å². The Balaban J connectivity index is 1.72. The highest BCUT2D eigenvalue weighted by Crippen LogP contribution is 2.21. The van der Waals surface area contributed by atoms with E-state index >= 15 is 0 Å². The lowest BCUT2D eigenvalue weighted by Crippen LogP contribution is -2.31. The summed E-state index contributed by atoms with van der Waals surface area (Å²) in [6.45, 7) is 2.15. The number of likely N-dealkylation sites (tertiary alicyclic amines) is 1. The molecule has 0 bridgehead atoms. The Bertz CT molecular complexity index is 523. The van der Waals surface area contributed by atoms with E-state index in [2.05, 4.69) is 33.3 Å². The molecule has 0 amide bonds. The third-order valence-corrected chi connectivity index (χ3v) is 3.78. The fourth-order valence-electron chi connectivity index (χ4n) is 2.73. The predicted octanol–water partition coefficient (Wildman–Crippen LogP) is 2.03. The van der Waals surface area contributed by atoms with Gasteiger partial charge < -0.3 is 5.11 Å². The normalized spacial score (nSPS) is 19.9. The summed E-state index contributed by atoms with van der Waals surface area (Å²) in [5, 5.41) is 16.8. The van der Waals surface area contributed by atoms with Gasteiger partial charge in [0.15, 0.2) is 0 Å². The molecule has 0 aliphatic carbocycles. The number of nitrogens with zero attached hydrogens (tertiary/aromatic N) is 2. The largest absolute Gasteiger partial charge is 0.395 e. The lowest BCUT2D eigenvalue weighted by Gasteiger charge is -2.21. The molecule has 2 heterocycles. The van der Waals surface area contributed by atoms with Gasteiger partial charge in [-0.1, -0.05) is 30.3 Å². The van der Waals surface area contributed by atoms with Crippen molar-refractivity contribution < 1.29 is 5.11 Å². The van der Waals surface area contributed by atoms with E-state index in [4.69, 9.17) is 0 Å². The number of hydrogen-bond acceptors (Lipinski definition) is 3. The van der Waals surface area contributed by atoms with Crippen LogP contribution >= 0.6 is 0 Å². The molecule has 1 aliphatic rings. The molecular weight excluding hydrogens is 238 g/mol. The zero-order valence-electron chi connectivity index (χ0n) is 10.9. The number of aliphatic hydroxyl groups excluding tert-OH is 1. The SMILES string of the molecule is OC[C@H]1CCCN1Cc1cc(-c2ccccc2)n[nH]1. The second kappa shape index (κ2) is 5.55. The average molecular weight is 257 g/mol. The first kappa shape index (κ1) is 12.4. The molecular formula is C15H19N3O. The van der Waals surface area contributed by atoms with Gasteiger partial charge in [-0.05, 0) is 25.5 Å². The molecule has 0 radical (unpaired) electrons. The molecule has 4 heteroatoms. The van der Waals surface area contributed by atoms with Gasteiger partial charge in [-0.25, -0.2) is 0 Å². The molecule has 1 aromatic heterocycles. The number of hydrogen-bond donors (Lipinski definition) is 2. The van der Waals surface area contributed by atoms with Crippen molar-refractivity contribution in [3.8, 4) is 11.3 Å². The highest BCUT2D eigenvalue weighted by atomic mass is 16.3. The quantitative estimate of drug-likeness (QED) is 0.881. The summed E-state index contributed by atoms with van der Waals surface area (Å²) in [6.07, 6.45) is 2.26. The van der Waals surface area contributed by atoms with Crippen LogP contribution in [0.3, 0.4) is 0 Å². The Hall–Kier alpha value is -1.65. The van der Waals surface area contributed by atoms with Crippen LogP contribution in [0.1, 0.15) is 18.5 Å². The summed E-state index contributed by atoms with van der Waals surface area (Å²) in [5.74, 6) is 0. The molecule has 2 aromatic rings. The van der Waals surface area contributed by atoms with Crippen LogP contribution in [0.2, 0.25) is 0 Å². The van der Waals surface area contributed by atoms with E-state index in [1.165, 1.54) is 6.42 Å². The van der Waals surface area contributed by atoms with E-state index in [9.17, 15) is 5.11 Å². The second-order valence-corrected chi connectivity index (χ2v) is 5.09. The first-order valence-corrected chi connectivity index (χ1v) is 6.81. The van der Waals surface area contributed by atoms with Crippen molar-refractivity contribution in [2.75, 3.05) is 13.2 Å². The van der Waals surface area contributed by atoms with Crippen LogP contribution in [0.25, 0.3) is 11.3 Å². The fraction of sp³-hybridized carbons (Fsp3) is 0.400. The van der Waals surface area contributed by atoms with Crippen molar-refractivity contribution in [2.24, 2.45) is 0 Å². The Morgan fingerprint density at radius 2 is 2.16 bits per heavy atom. The van der Waals surface area contributed by atoms with Crippen molar-refractivity contribution in [1.29, 1.82) is 0 Å². The molecule has 1 aromatic carbocycles. The van der Waals surface area contributed by atoms with E-state index in [-0.39, 0.29) is 6.61 Å². The first-order valence-electron chi connectivity index (χ1n) is 6.81. The summed E-state index contributed by atoms with van der Waals surface area (Å²) in [7, 11) is 0. The second-order valence-electron chi connectivity index (χ2n) is 5.09. The van der Waals surface area contributed by atoms with E-state index in [1.54, 1.807) is 0 Å². The van der Waals surface area contributed by atoms with Gasteiger partial charge >= 0.3 is 0 Å². The molecule has 1 atom stereocenters. The highest BCUT2D eigenvalue weighted by molar-refractivity contribution is 5.58. The van der Waals surface area contributed by atoms with E-state index in [1.807, 2.05) is 18.2 Å². The third-order valence-electron chi connectivity index (χ3n) is 3.78. The molecule has 3 rings (SSSR count). The molecule has 4 nitrogen and oxygen atoms in total. The Morgan fingerprint density at radius 3 is 2.95 bits per heavy atom. The van der Waals surface area contributed by atoms with Crippen LogP contribution in [0.5, 0.6) is 0 Å². The van der Waals surface area contributed by atoms with Gasteiger partial charge in [0.25, 0.3) is 0 Å². The lowest BCUT2D eigenvalue weighted by molar-refractivity contribution is 0.152. The molecule has 100 valence electrons. The summed E-state index contributed by atoms with van der Waals surface area (Å²) in [5.41, 5.74) is 3.22. The fourth-order valence-corrected chi connectivity index (χ4v) is 2.73. The van der Waals surface area contributed by atoms with Gasteiger partial charge in [0.05, 0.1) is 12.3 Å². The van der Waals surface area contributed by atoms with E-state index < -0.39 is 0 Å². The molecule has 2 N–H and O–H groups in total. The first-order chi connectivity index (χ1) is 9.36. The molecule has 1 aliphatic heterocycles. The van der Waals surface area contributed by atoms with Crippen molar-refractivity contribution >= 4 is 0 Å². The number of benzene rings is 1. The summed E-state index contributed by atoms with van der Waals surface area (Å²) < 4.78 is 0. The monoisotopic (exact) mass is 257 g/mol. The smallest absolute Gasteiger partial charge is 0.0924 e. The van der Waals surface area contributed by atoms with Crippen LogP contribution in [0.4, 0.5) is 0 Å². The number of aromatic amines is 1. The van der Waals surface area contributed by atoms with Crippen LogP contribution in [-0.4, -0.2) is 39.4 Å². The summed E-state index contributed by atoms with van der Waals surface area (Å²) in [6, 6.07) is 12.6. The van der Waals surface area contributed by atoms with Gasteiger partial charge in [0, 0.05) is 23.8 Å². The van der Waals surface area contributed by atoms with Crippen LogP contribution < -0.4 is 0 Å². The number of nitrogens with one attached hydrogen (secondary N) is 1. The molecule has 0 spiro atoms. The number of H-pyrrole nitrogens is 1. The summed E-state index contributed by atoms with van der Waals surface area (Å²) in [4.78, 5) is 2.32. The maximum atomic E-state index is 9.33. The topological polar surface area (TPSA) is 52.1 Å². The van der Waals surface area contributed by atoms with E-state index in [0.29, 0.717) is 6.04 Å². The average Bonchev–Trinajstić information content (AvgIpc) is 3.09. The minimum Gasteiger partial charge on any atom is -0.395 e. The minimum atomic E-state index is 0.250. The maximum Gasteiger partial charge on any atom is 0.0924 e. The third kappa shape index (κ3) is 2.69. The van der Waals surface area contributed by atoms with Crippen molar-refractivity contribution in [3.63, 3.8) is 0 Å². The Kier molecular flexibility index (Phi) is 3.62. The summed E-state index contributed by atoms with van der Waals surface area (Å²) >= 11 is 0. The highest BCUT2D eigenvalue weighted by Gasteiger charge is 2.24. The molecule has 1 saturated heterocycles. The Morgan fingerprint density at radius 1 is 1.32 bits per heavy atom. The van der Waals surface area contributed by atoms with Crippen LogP contribution in [0, 0.1) is 0 Å². The maximum absolute atomic E-state index is 9.33. The Labute approximate surface area is 113 Å². The zero-order valence-corrected chi connectivity index (χ0v) is 10.9. The van der Waals surface area contributed by atoms with Crippen molar-refractivity contribution in [2.45, 2.75) is 25.4 Å². The molecule has 1 fully saturated rings. The van der Waals surface area contributed by atoms with Crippen LogP contribution in [-0.2, 0) is 6.54 Å². The van der Waals surface area contributed by atoms with Gasteiger partial charge in [-0.2, -0.15) is 5.10 Å². The number of rotatable bonds is 4. The van der Waals surface area contributed by atoms with Crippen molar-refractivity contribution in [3.05, 3.63) is 42.1 Å². The molecule has 19 heavy (non-hydrogen) atoms. The van der Waals surface area contributed by atoms with Gasteiger partial charge in [-0.3, -0.25) is 10.00 Å². The minimum absolute atomic E-state index is 0.250. The number of aliphatic hydroxyl groups is 1. The molecule has 0 saturated carbocycles. The van der Waals surface area contributed by atoms with Gasteiger partial charge in [0.1, 0.15) is 0 Å². The predicted molar refractivity (Wildman–Crippen MR) is 74.5 cm³/mol. The van der Waals surface area contributed by atoms with Gasteiger partial charge in [-0.15, -0.1) is 0 Å².